The number of hydrogen-bond acceptors (Lipinski definition) is 0. The third-order valence-electron chi connectivity index (χ3n) is 5.56. The predicted octanol–water partition coefficient (Wildman–Crippen LogP) is 1.85. The number of fused-ring (bicyclic) bond motifs is 5. The topological polar surface area (TPSA) is 0 Å². The van der Waals surface area contributed by atoms with Crippen LogP contribution in [0, 0.1) is 6.08 Å². The van der Waals surface area contributed by atoms with Gasteiger partial charge in [-0.3, -0.25) is 6.08 Å². The Morgan fingerprint density at radius 2 is 1.45 bits per heavy atom. The first-order chi connectivity index (χ1) is 14.3. The molecular formula is C28H26Cl2Zr-2. The molecule has 2 aliphatic carbocycles. The van der Waals surface area contributed by atoms with Crippen LogP contribution in [0.4, 0.5) is 0 Å². The van der Waals surface area contributed by atoms with Crippen molar-refractivity contribution in [3.05, 3.63) is 91.0 Å². The van der Waals surface area contributed by atoms with Crippen LogP contribution < -0.4 is 24.8 Å². The summed E-state index contributed by atoms with van der Waals surface area (Å²) in [6.07, 6.45) is 17.3. The minimum atomic E-state index is 0. The van der Waals surface area contributed by atoms with Crippen molar-refractivity contribution in [2.75, 3.05) is 0 Å². The molecule has 0 spiro atoms. The Balaban J connectivity index is 0.000000204. The summed E-state index contributed by atoms with van der Waals surface area (Å²) in [5, 5.41) is 8.08. The van der Waals surface area contributed by atoms with Crippen LogP contribution in [0.15, 0.2) is 85.0 Å². The van der Waals surface area contributed by atoms with Crippen LogP contribution in [0.3, 0.4) is 0 Å². The van der Waals surface area contributed by atoms with Gasteiger partial charge in [0.05, 0.1) is 0 Å². The van der Waals surface area contributed by atoms with Gasteiger partial charge >= 0.3 is 59.5 Å². The second kappa shape index (κ2) is 13.2. The van der Waals surface area contributed by atoms with Gasteiger partial charge in [0.2, 0.25) is 0 Å². The van der Waals surface area contributed by atoms with Gasteiger partial charge in [-0.15, -0.1) is 40.1 Å². The molecule has 0 aromatic heterocycles. The first-order valence-corrected chi connectivity index (χ1v) is 11.8. The van der Waals surface area contributed by atoms with Crippen LogP contribution in [0.2, 0.25) is 0 Å². The van der Waals surface area contributed by atoms with E-state index in [-0.39, 0.29) is 24.8 Å². The van der Waals surface area contributed by atoms with Crippen molar-refractivity contribution in [1.82, 2.24) is 0 Å². The van der Waals surface area contributed by atoms with Gasteiger partial charge in [0, 0.05) is 0 Å². The normalized spacial score (nSPS) is 14.3. The average Bonchev–Trinajstić information content (AvgIpc) is 3.46. The minimum Gasteiger partial charge on any atom is -0.126 e. The molecule has 0 atom stereocenters. The molecule has 0 unspecified atom stereocenters. The Kier molecular flexibility index (Phi) is 11.0. The fourth-order valence-corrected chi connectivity index (χ4v) is 4.90. The molecule has 0 heterocycles. The third-order valence-corrected chi connectivity index (χ3v) is 6.79. The molecule has 0 saturated heterocycles. The molecule has 0 aliphatic heterocycles. The second-order valence-corrected chi connectivity index (χ2v) is 9.38. The molecule has 0 amide bonds. The largest absolute Gasteiger partial charge is 0.126 e. The van der Waals surface area contributed by atoms with E-state index in [1.165, 1.54) is 64.4 Å². The van der Waals surface area contributed by atoms with Gasteiger partial charge in [-0.1, -0.05) is 65.4 Å². The first-order valence-electron chi connectivity index (χ1n) is 10.6. The zero-order valence-electron chi connectivity index (χ0n) is 17.6. The summed E-state index contributed by atoms with van der Waals surface area (Å²) >= 11 is 1.69. The van der Waals surface area contributed by atoms with Crippen LogP contribution in [-0.4, -0.2) is 3.21 Å². The van der Waals surface area contributed by atoms with Crippen LogP contribution in [0.5, 0.6) is 0 Å². The van der Waals surface area contributed by atoms with E-state index in [9.17, 15) is 0 Å². The zero-order valence-corrected chi connectivity index (χ0v) is 21.6. The monoisotopic (exact) mass is 522 g/mol. The van der Waals surface area contributed by atoms with Crippen molar-refractivity contribution >= 4 is 35.5 Å². The maximum atomic E-state index is 2.99. The molecule has 1 fully saturated rings. The maximum Gasteiger partial charge on any atom is -0.0520 e. The van der Waals surface area contributed by atoms with Gasteiger partial charge < -0.3 is 24.8 Å². The van der Waals surface area contributed by atoms with Crippen LogP contribution in [0.25, 0.3) is 32.3 Å². The number of hydrogen-bond donors (Lipinski definition) is 0. The maximum absolute atomic E-state index is 2.99. The van der Waals surface area contributed by atoms with Crippen molar-refractivity contribution in [3.8, 4) is 0 Å². The summed E-state index contributed by atoms with van der Waals surface area (Å²) in [5.41, 5.74) is 0. The summed E-state index contributed by atoms with van der Waals surface area (Å²) in [6.45, 7) is 0. The summed E-state index contributed by atoms with van der Waals surface area (Å²) in [5.74, 6) is 0. The van der Waals surface area contributed by atoms with Gasteiger partial charge in [0.25, 0.3) is 0 Å². The third kappa shape index (κ3) is 6.79. The standard InChI is InChI=1S/C17H11.C6H10.C5H5.2ClH.Zr/c1-3-7-14-12(5-1)9-10-16-15-8-4-2-6-13(15)11-17(14)16;1-2-4-6-5-3-1;1-2-4-5-3-1;;;/h1-11H;1-5H2;1-3H,4H2;2*1H;/q-1;;-1;;;+2/p-2. The van der Waals surface area contributed by atoms with Crippen molar-refractivity contribution in [3.63, 3.8) is 0 Å². The Labute approximate surface area is 212 Å². The molecule has 1 saturated carbocycles. The van der Waals surface area contributed by atoms with Crippen molar-refractivity contribution < 1.29 is 49.0 Å². The van der Waals surface area contributed by atoms with Crippen LogP contribution in [0.1, 0.15) is 38.5 Å². The Hall–Kier alpha value is -1.40. The smallest absolute Gasteiger partial charge is 0.0520 e. The van der Waals surface area contributed by atoms with Crippen molar-refractivity contribution in [1.29, 1.82) is 0 Å². The van der Waals surface area contributed by atoms with Crippen molar-refractivity contribution in [2.24, 2.45) is 0 Å². The van der Waals surface area contributed by atoms with Crippen molar-refractivity contribution in [2.45, 2.75) is 38.5 Å². The van der Waals surface area contributed by atoms with E-state index in [1.54, 1.807) is 27.4 Å². The molecular weight excluding hydrogens is 498 g/mol. The first kappa shape index (κ1) is 25.9. The molecule has 0 bridgehead atoms. The van der Waals surface area contributed by atoms with Gasteiger partial charge in [-0.2, -0.15) is 6.08 Å². The molecule has 4 aromatic rings. The minimum absolute atomic E-state index is 0. The van der Waals surface area contributed by atoms with E-state index in [0.717, 1.165) is 6.42 Å². The molecule has 0 nitrogen and oxygen atoms in total. The molecule has 3 heteroatoms. The molecule has 0 radical (unpaired) electrons. The molecule has 158 valence electrons. The number of halogens is 2. The fourth-order valence-electron chi connectivity index (χ4n) is 4.03. The fraction of sp³-hybridized carbons (Fsp3) is 0.214. The SMILES string of the molecule is [C-]1=CC=CC1.[Cl-].[Cl-].[Zr+2]=[C]1CCCCC1.c1ccc2c(c1)ccc1c3ccccc3[cH-]c21. The number of benzene rings is 3. The van der Waals surface area contributed by atoms with E-state index in [1.807, 2.05) is 12.2 Å². The molecule has 31 heavy (non-hydrogen) atoms. The molecule has 0 N–H and O–H groups in total. The molecule has 2 aliphatic rings. The average molecular weight is 525 g/mol. The predicted molar refractivity (Wildman–Crippen MR) is 124 cm³/mol. The van der Waals surface area contributed by atoms with Gasteiger partial charge in [-0.25, -0.2) is 12.2 Å². The van der Waals surface area contributed by atoms with Crippen LogP contribution >= 0.6 is 0 Å². The van der Waals surface area contributed by atoms with E-state index >= 15 is 0 Å². The van der Waals surface area contributed by atoms with E-state index in [4.69, 9.17) is 0 Å². The molecule has 4 aromatic carbocycles. The quantitative estimate of drug-likeness (QED) is 0.308. The van der Waals surface area contributed by atoms with Gasteiger partial charge in [0.15, 0.2) is 0 Å². The Morgan fingerprint density at radius 1 is 0.742 bits per heavy atom. The van der Waals surface area contributed by atoms with E-state index in [2.05, 4.69) is 78.9 Å². The number of allylic oxidation sites excluding steroid dienone is 4. The molecule has 6 rings (SSSR count). The number of rotatable bonds is 0. The summed E-state index contributed by atoms with van der Waals surface area (Å²) < 4.78 is 1.80. The Morgan fingerprint density at radius 3 is 2.06 bits per heavy atom. The summed E-state index contributed by atoms with van der Waals surface area (Å²) in [7, 11) is 0. The van der Waals surface area contributed by atoms with Crippen LogP contribution in [-0.2, 0) is 24.2 Å². The van der Waals surface area contributed by atoms with E-state index in [0.29, 0.717) is 0 Å². The van der Waals surface area contributed by atoms with E-state index < -0.39 is 0 Å². The zero-order chi connectivity index (χ0) is 19.9. The van der Waals surface area contributed by atoms with Gasteiger partial charge in [0.1, 0.15) is 0 Å². The summed E-state index contributed by atoms with van der Waals surface area (Å²) in [6, 6.07) is 23.9. The Bertz CT molecular complexity index is 1170. The second-order valence-electron chi connectivity index (χ2n) is 7.65. The summed E-state index contributed by atoms with van der Waals surface area (Å²) in [4.78, 5) is 0. The van der Waals surface area contributed by atoms with Gasteiger partial charge in [-0.05, 0) is 0 Å².